The summed E-state index contributed by atoms with van der Waals surface area (Å²) < 4.78 is 39.8. The number of thioether (sulfide) groups is 1. The van der Waals surface area contributed by atoms with E-state index in [1.807, 2.05) is 0 Å². The van der Waals surface area contributed by atoms with Crippen LogP contribution in [-0.2, 0) is 11.9 Å². The first-order valence-electron chi connectivity index (χ1n) is 8.03. The molecule has 148 valence electrons. The summed E-state index contributed by atoms with van der Waals surface area (Å²) >= 11 is 2.30. The summed E-state index contributed by atoms with van der Waals surface area (Å²) in [6.07, 6.45) is -1.81. The Hall–Kier alpha value is -2.99. The lowest BCUT2D eigenvalue weighted by Gasteiger charge is -2.11. The van der Waals surface area contributed by atoms with Crippen LogP contribution in [0.2, 0.25) is 0 Å². The molecule has 0 aliphatic carbocycles. The second-order valence-corrected chi connectivity index (χ2v) is 7.60. The summed E-state index contributed by atoms with van der Waals surface area (Å²) in [5, 5.41) is 0.280. The molecule has 0 bridgehead atoms. The van der Waals surface area contributed by atoms with Crippen LogP contribution in [0.15, 0.2) is 56.9 Å². The molecule has 0 aliphatic heterocycles. The van der Waals surface area contributed by atoms with Crippen molar-refractivity contribution in [1.82, 2.24) is 24.5 Å². The van der Waals surface area contributed by atoms with Gasteiger partial charge in [0.15, 0.2) is 10.8 Å². The fourth-order valence-corrected chi connectivity index (χ4v) is 4.13. The van der Waals surface area contributed by atoms with Gasteiger partial charge in [-0.25, -0.2) is 14.8 Å². The highest BCUT2D eigenvalue weighted by Gasteiger charge is 2.29. The smallest absolute Gasteiger partial charge is 0.311 e. The number of hydrogen-bond acceptors (Lipinski definition) is 7. The standard InChI is InChI=1S/C17H10F3N5O2S2/c18-17(19,20)10-3-1-9(2-4-10)7-28-16-24-13-12(29-8-23-13)14(26)25(16)11-5-21-15(27)22-6-11/h1-6,8H,7H2,(H,21,22,27). The number of H-pyrrole nitrogens is 1. The van der Waals surface area contributed by atoms with Crippen LogP contribution in [0.3, 0.4) is 0 Å². The van der Waals surface area contributed by atoms with E-state index in [0.717, 1.165) is 35.2 Å². The van der Waals surface area contributed by atoms with E-state index in [-0.39, 0.29) is 22.1 Å². The number of aromatic nitrogens is 5. The summed E-state index contributed by atoms with van der Waals surface area (Å²) in [7, 11) is 0. The van der Waals surface area contributed by atoms with E-state index in [9.17, 15) is 22.8 Å². The molecule has 4 aromatic rings. The van der Waals surface area contributed by atoms with Crippen LogP contribution in [0.5, 0.6) is 0 Å². The Bertz CT molecular complexity index is 1280. The normalized spacial score (nSPS) is 11.8. The molecular formula is C17H10F3N5O2S2. The van der Waals surface area contributed by atoms with Gasteiger partial charge in [0.1, 0.15) is 4.70 Å². The van der Waals surface area contributed by atoms with Crippen molar-refractivity contribution in [2.75, 3.05) is 0 Å². The van der Waals surface area contributed by atoms with Crippen LogP contribution in [0.4, 0.5) is 13.2 Å². The first-order chi connectivity index (χ1) is 13.8. The monoisotopic (exact) mass is 437 g/mol. The molecule has 0 amide bonds. The van der Waals surface area contributed by atoms with Gasteiger partial charge in [-0.15, -0.1) is 11.3 Å². The number of nitrogens with zero attached hydrogens (tertiary/aromatic N) is 4. The lowest BCUT2D eigenvalue weighted by molar-refractivity contribution is -0.137. The highest BCUT2D eigenvalue weighted by atomic mass is 32.2. The molecule has 0 unspecified atom stereocenters. The second kappa shape index (κ2) is 7.44. The fraction of sp³-hybridized carbons (Fsp3) is 0.118. The molecule has 4 rings (SSSR count). The molecular weight excluding hydrogens is 427 g/mol. The van der Waals surface area contributed by atoms with Crippen molar-refractivity contribution in [1.29, 1.82) is 0 Å². The zero-order valence-electron chi connectivity index (χ0n) is 14.3. The lowest BCUT2D eigenvalue weighted by Crippen LogP contribution is -2.22. The average Bonchev–Trinajstić information content (AvgIpc) is 3.16. The molecule has 3 aromatic heterocycles. The number of benzene rings is 1. The number of hydrogen-bond donors (Lipinski definition) is 1. The quantitative estimate of drug-likeness (QED) is 0.389. The number of halogens is 3. The Morgan fingerprint density at radius 2 is 1.90 bits per heavy atom. The minimum absolute atomic E-state index is 0.275. The molecule has 0 radical (unpaired) electrons. The molecule has 1 aromatic carbocycles. The molecule has 0 atom stereocenters. The minimum atomic E-state index is -4.40. The highest BCUT2D eigenvalue weighted by Crippen LogP contribution is 2.30. The van der Waals surface area contributed by atoms with Crippen molar-refractivity contribution in [2.24, 2.45) is 0 Å². The van der Waals surface area contributed by atoms with E-state index < -0.39 is 17.4 Å². The largest absolute Gasteiger partial charge is 0.416 e. The molecule has 0 fully saturated rings. The Labute approximate surface area is 168 Å². The van der Waals surface area contributed by atoms with Gasteiger partial charge in [-0.05, 0) is 17.7 Å². The Balaban J connectivity index is 1.71. The molecule has 0 saturated carbocycles. The summed E-state index contributed by atoms with van der Waals surface area (Å²) in [5.74, 6) is 0.275. The highest BCUT2D eigenvalue weighted by molar-refractivity contribution is 7.98. The summed E-state index contributed by atoms with van der Waals surface area (Å²) in [6, 6.07) is 4.76. The minimum Gasteiger partial charge on any atom is -0.311 e. The molecule has 12 heteroatoms. The lowest BCUT2D eigenvalue weighted by atomic mass is 10.1. The molecule has 0 aliphatic rings. The maximum atomic E-state index is 12.9. The van der Waals surface area contributed by atoms with Gasteiger partial charge in [0.2, 0.25) is 0 Å². The summed E-state index contributed by atoms with van der Waals surface area (Å²) in [6.45, 7) is 0. The van der Waals surface area contributed by atoms with Crippen LogP contribution in [-0.4, -0.2) is 24.5 Å². The SMILES string of the molecule is O=c1ncc(-n2c(SCc3ccc(C(F)(F)F)cc3)nc3ncsc3c2=O)c[nH]1. The fourth-order valence-electron chi connectivity index (χ4n) is 2.51. The predicted octanol–water partition coefficient (Wildman–Crippen LogP) is 3.24. The van der Waals surface area contributed by atoms with E-state index in [2.05, 4.69) is 19.9 Å². The summed E-state index contributed by atoms with van der Waals surface area (Å²) in [5.41, 5.74) is 1.05. The Morgan fingerprint density at radius 1 is 1.14 bits per heavy atom. The van der Waals surface area contributed by atoms with Crippen molar-refractivity contribution < 1.29 is 13.2 Å². The maximum absolute atomic E-state index is 12.9. The van der Waals surface area contributed by atoms with Crippen molar-refractivity contribution in [3.63, 3.8) is 0 Å². The van der Waals surface area contributed by atoms with Gasteiger partial charge in [-0.1, -0.05) is 23.9 Å². The van der Waals surface area contributed by atoms with Crippen LogP contribution in [0, 0.1) is 0 Å². The zero-order chi connectivity index (χ0) is 20.6. The molecule has 1 N–H and O–H groups in total. The van der Waals surface area contributed by atoms with Crippen LogP contribution < -0.4 is 11.2 Å². The van der Waals surface area contributed by atoms with Gasteiger partial charge in [0, 0.05) is 11.9 Å². The van der Waals surface area contributed by atoms with Gasteiger partial charge in [-0.3, -0.25) is 9.36 Å². The number of rotatable bonds is 4. The van der Waals surface area contributed by atoms with Gasteiger partial charge >= 0.3 is 11.9 Å². The third-order valence-corrected chi connectivity index (χ3v) is 5.72. The van der Waals surface area contributed by atoms with Crippen LogP contribution in [0.25, 0.3) is 16.0 Å². The van der Waals surface area contributed by atoms with Crippen molar-refractivity contribution >= 4 is 33.4 Å². The third kappa shape index (κ3) is 3.93. The van der Waals surface area contributed by atoms with Gasteiger partial charge in [0.25, 0.3) is 5.56 Å². The third-order valence-electron chi connectivity index (χ3n) is 3.90. The van der Waals surface area contributed by atoms with Gasteiger partial charge in [-0.2, -0.15) is 18.2 Å². The zero-order valence-corrected chi connectivity index (χ0v) is 15.9. The summed E-state index contributed by atoms with van der Waals surface area (Å²) in [4.78, 5) is 38.6. The molecule has 7 nitrogen and oxygen atoms in total. The predicted molar refractivity (Wildman–Crippen MR) is 102 cm³/mol. The maximum Gasteiger partial charge on any atom is 0.416 e. The number of nitrogens with one attached hydrogen (secondary N) is 1. The van der Waals surface area contributed by atoms with E-state index >= 15 is 0 Å². The topological polar surface area (TPSA) is 93.5 Å². The first-order valence-corrected chi connectivity index (χ1v) is 9.90. The van der Waals surface area contributed by atoms with Crippen LogP contribution >= 0.6 is 23.1 Å². The van der Waals surface area contributed by atoms with Gasteiger partial charge in [0.05, 0.1) is 23.0 Å². The number of thiazole rings is 1. The van der Waals surface area contributed by atoms with Crippen molar-refractivity contribution in [3.8, 4) is 5.69 Å². The first kappa shape index (κ1) is 19.3. The van der Waals surface area contributed by atoms with Gasteiger partial charge < -0.3 is 4.98 Å². The molecule has 3 heterocycles. The average molecular weight is 437 g/mol. The van der Waals surface area contributed by atoms with E-state index in [4.69, 9.17) is 0 Å². The number of alkyl halides is 3. The van der Waals surface area contributed by atoms with Crippen molar-refractivity contribution in [2.45, 2.75) is 17.1 Å². The van der Waals surface area contributed by atoms with E-state index in [1.165, 1.54) is 34.6 Å². The van der Waals surface area contributed by atoms with E-state index in [1.54, 1.807) is 0 Å². The molecule has 0 saturated heterocycles. The van der Waals surface area contributed by atoms with E-state index in [0.29, 0.717) is 16.0 Å². The number of aromatic amines is 1. The van der Waals surface area contributed by atoms with Crippen molar-refractivity contribution in [3.05, 3.63) is 74.1 Å². The Kier molecular flexibility index (Phi) is 4.96. The number of fused-ring (bicyclic) bond motifs is 1. The van der Waals surface area contributed by atoms with Crippen LogP contribution in [0.1, 0.15) is 11.1 Å². The molecule has 29 heavy (non-hydrogen) atoms. The Morgan fingerprint density at radius 3 is 2.55 bits per heavy atom. The molecule has 0 spiro atoms. The second-order valence-electron chi connectivity index (χ2n) is 5.80.